The van der Waals surface area contributed by atoms with Crippen LogP contribution in [0.2, 0.25) is 0 Å². The lowest BCUT2D eigenvalue weighted by molar-refractivity contribution is -0.139. The van der Waals surface area contributed by atoms with Crippen LogP contribution in [-0.4, -0.2) is 33.1 Å². The molecule has 0 aliphatic heterocycles. The molecule has 1 aliphatic carbocycles. The Bertz CT molecular complexity index is 415. The molecule has 1 saturated carbocycles. The van der Waals surface area contributed by atoms with Crippen LogP contribution in [0, 0.1) is 0 Å². The predicted octanol–water partition coefficient (Wildman–Crippen LogP) is 1.83. The number of carbonyl (C=O) groups is 1. The highest BCUT2D eigenvalue weighted by atomic mass is 32.2. The van der Waals surface area contributed by atoms with Crippen LogP contribution in [0.15, 0.2) is 5.16 Å². The van der Waals surface area contributed by atoms with Crippen LogP contribution in [0.5, 0.6) is 0 Å². The molecule has 0 saturated heterocycles. The molecule has 0 amide bonds. The number of thioether (sulfide) groups is 1. The third kappa shape index (κ3) is 2.62. The third-order valence-electron chi connectivity index (χ3n) is 2.82. The lowest BCUT2D eigenvalue weighted by atomic mass is 10.4. The van der Waals surface area contributed by atoms with E-state index in [1.807, 2.05) is 6.92 Å². The number of carbonyl (C=O) groups excluding carboxylic acids is 1. The van der Waals surface area contributed by atoms with Crippen molar-refractivity contribution in [2.24, 2.45) is 0 Å². The third-order valence-corrected chi connectivity index (χ3v) is 3.88. The van der Waals surface area contributed by atoms with Gasteiger partial charge >= 0.3 is 5.97 Å². The number of ether oxygens (including phenoxy) is 1. The van der Waals surface area contributed by atoms with E-state index in [9.17, 15) is 4.79 Å². The Morgan fingerprint density at radius 3 is 2.82 bits per heavy atom. The van der Waals surface area contributed by atoms with Crippen molar-refractivity contribution in [3.63, 3.8) is 0 Å². The molecule has 5 nitrogen and oxygen atoms in total. The fourth-order valence-corrected chi connectivity index (χ4v) is 2.65. The molecule has 17 heavy (non-hydrogen) atoms. The summed E-state index contributed by atoms with van der Waals surface area (Å²) in [7, 11) is 1.40. The van der Waals surface area contributed by atoms with Crippen LogP contribution >= 0.6 is 11.8 Å². The lowest BCUT2D eigenvalue weighted by Crippen LogP contribution is -2.15. The van der Waals surface area contributed by atoms with Gasteiger partial charge in [-0.25, -0.2) is 0 Å². The summed E-state index contributed by atoms with van der Waals surface area (Å²) in [5, 5.41) is 8.96. The van der Waals surface area contributed by atoms with E-state index in [0.717, 1.165) is 17.5 Å². The first-order valence-electron chi connectivity index (χ1n) is 5.85. The Morgan fingerprint density at radius 2 is 2.29 bits per heavy atom. The van der Waals surface area contributed by atoms with Gasteiger partial charge in [0.1, 0.15) is 11.1 Å². The van der Waals surface area contributed by atoms with Crippen molar-refractivity contribution in [1.82, 2.24) is 14.8 Å². The second kappa shape index (κ2) is 5.08. The lowest BCUT2D eigenvalue weighted by Gasteiger charge is -2.10. The summed E-state index contributed by atoms with van der Waals surface area (Å²) < 4.78 is 6.81. The zero-order chi connectivity index (χ0) is 12.4. The normalized spacial score (nSPS) is 16.9. The van der Waals surface area contributed by atoms with Gasteiger partial charge in [0.15, 0.2) is 5.16 Å². The van der Waals surface area contributed by atoms with E-state index in [0.29, 0.717) is 5.92 Å². The standard InChI is InChI=1S/C11H17N3O2S/c1-4-14-9(8-5-6-8)12-13-11(14)17-7(2)10(15)16-3/h7-8H,4-6H2,1-3H3. The number of rotatable bonds is 5. The van der Waals surface area contributed by atoms with Crippen LogP contribution in [0.25, 0.3) is 0 Å². The number of methoxy groups -OCH3 is 1. The van der Waals surface area contributed by atoms with E-state index in [4.69, 9.17) is 4.74 Å². The van der Waals surface area contributed by atoms with E-state index in [-0.39, 0.29) is 11.2 Å². The summed E-state index contributed by atoms with van der Waals surface area (Å²) in [5.74, 6) is 1.41. The van der Waals surface area contributed by atoms with Gasteiger partial charge in [0.05, 0.1) is 7.11 Å². The molecule has 0 radical (unpaired) electrons. The maximum atomic E-state index is 11.4. The predicted molar refractivity (Wildman–Crippen MR) is 65.0 cm³/mol. The van der Waals surface area contributed by atoms with E-state index in [1.165, 1.54) is 31.7 Å². The molecule has 1 heterocycles. The number of hydrogen-bond acceptors (Lipinski definition) is 5. The summed E-state index contributed by atoms with van der Waals surface area (Å²) >= 11 is 1.41. The molecule has 0 N–H and O–H groups in total. The summed E-state index contributed by atoms with van der Waals surface area (Å²) in [6.45, 7) is 4.74. The molecule has 1 aromatic rings. The van der Waals surface area contributed by atoms with Crippen LogP contribution in [0.4, 0.5) is 0 Å². The number of aromatic nitrogens is 3. The van der Waals surface area contributed by atoms with Crippen molar-refractivity contribution >= 4 is 17.7 Å². The van der Waals surface area contributed by atoms with E-state index < -0.39 is 0 Å². The largest absolute Gasteiger partial charge is 0.468 e. The highest BCUT2D eigenvalue weighted by Crippen LogP contribution is 2.40. The summed E-state index contributed by atoms with van der Waals surface area (Å²) in [6, 6.07) is 0. The minimum atomic E-state index is -0.249. The van der Waals surface area contributed by atoms with E-state index in [2.05, 4.69) is 21.7 Å². The minimum absolute atomic E-state index is 0.228. The van der Waals surface area contributed by atoms with Crippen LogP contribution in [0.1, 0.15) is 38.4 Å². The summed E-state index contributed by atoms with van der Waals surface area (Å²) in [6.07, 6.45) is 2.41. The Labute approximate surface area is 105 Å². The quantitative estimate of drug-likeness (QED) is 0.593. The van der Waals surface area contributed by atoms with Crippen LogP contribution in [0.3, 0.4) is 0 Å². The first kappa shape index (κ1) is 12.4. The molecule has 1 aliphatic rings. The molecule has 94 valence electrons. The highest BCUT2D eigenvalue weighted by Gasteiger charge is 2.30. The average Bonchev–Trinajstić information content (AvgIpc) is 3.10. The van der Waals surface area contributed by atoms with Gasteiger partial charge < -0.3 is 9.30 Å². The molecule has 6 heteroatoms. The molecular formula is C11H17N3O2S. The SMILES string of the molecule is CCn1c(SC(C)C(=O)OC)nnc1C1CC1. The van der Waals surface area contributed by atoms with Crippen molar-refractivity contribution in [2.75, 3.05) is 7.11 Å². The topological polar surface area (TPSA) is 57.0 Å². The van der Waals surface area contributed by atoms with Gasteiger partial charge in [-0.3, -0.25) is 4.79 Å². The van der Waals surface area contributed by atoms with E-state index >= 15 is 0 Å². The van der Waals surface area contributed by atoms with Gasteiger partial charge in [-0.15, -0.1) is 10.2 Å². The van der Waals surface area contributed by atoms with Gasteiger partial charge in [-0.05, 0) is 26.7 Å². The van der Waals surface area contributed by atoms with E-state index in [1.54, 1.807) is 0 Å². The zero-order valence-electron chi connectivity index (χ0n) is 10.3. The summed E-state index contributed by atoms with van der Waals surface area (Å²) in [4.78, 5) is 11.4. The van der Waals surface area contributed by atoms with Crippen molar-refractivity contribution < 1.29 is 9.53 Å². The average molecular weight is 255 g/mol. The number of esters is 1. The Hall–Kier alpha value is -1.04. The fourth-order valence-electron chi connectivity index (χ4n) is 1.70. The van der Waals surface area contributed by atoms with Gasteiger partial charge in [0, 0.05) is 12.5 Å². The molecule has 1 unspecified atom stereocenters. The fraction of sp³-hybridized carbons (Fsp3) is 0.727. The van der Waals surface area contributed by atoms with Crippen molar-refractivity contribution in [1.29, 1.82) is 0 Å². The Morgan fingerprint density at radius 1 is 1.59 bits per heavy atom. The van der Waals surface area contributed by atoms with Crippen LogP contribution < -0.4 is 0 Å². The van der Waals surface area contributed by atoms with Gasteiger partial charge in [0.2, 0.25) is 0 Å². The van der Waals surface area contributed by atoms with Gasteiger partial charge in [-0.2, -0.15) is 0 Å². The molecule has 2 rings (SSSR count). The summed E-state index contributed by atoms with van der Waals surface area (Å²) in [5.41, 5.74) is 0. The minimum Gasteiger partial charge on any atom is -0.468 e. The van der Waals surface area contributed by atoms with Crippen molar-refractivity contribution in [3.8, 4) is 0 Å². The number of hydrogen-bond donors (Lipinski definition) is 0. The molecular weight excluding hydrogens is 238 g/mol. The first-order chi connectivity index (χ1) is 8.17. The Kier molecular flexibility index (Phi) is 3.71. The maximum absolute atomic E-state index is 11.4. The molecule has 0 spiro atoms. The maximum Gasteiger partial charge on any atom is 0.318 e. The van der Waals surface area contributed by atoms with Gasteiger partial charge in [-0.1, -0.05) is 11.8 Å². The highest BCUT2D eigenvalue weighted by molar-refractivity contribution is 8.00. The second-order valence-corrected chi connectivity index (χ2v) is 5.45. The monoisotopic (exact) mass is 255 g/mol. The Balaban J connectivity index is 2.12. The van der Waals surface area contributed by atoms with Crippen molar-refractivity contribution in [3.05, 3.63) is 5.82 Å². The molecule has 1 aromatic heterocycles. The van der Waals surface area contributed by atoms with Gasteiger partial charge in [0.25, 0.3) is 0 Å². The first-order valence-corrected chi connectivity index (χ1v) is 6.72. The van der Waals surface area contributed by atoms with Crippen LogP contribution in [-0.2, 0) is 16.1 Å². The molecule has 0 bridgehead atoms. The molecule has 0 aromatic carbocycles. The zero-order valence-corrected chi connectivity index (χ0v) is 11.2. The second-order valence-electron chi connectivity index (χ2n) is 4.14. The molecule has 1 atom stereocenters. The molecule has 1 fully saturated rings. The smallest absolute Gasteiger partial charge is 0.318 e. The van der Waals surface area contributed by atoms with Crippen molar-refractivity contribution in [2.45, 2.75) is 49.6 Å². The number of nitrogens with zero attached hydrogens (tertiary/aromatic N) is 3.